The number of hydrogen-bond acceptors (Lipinski definition) is 2. The number of halogens is 7. The van der Waals surface area contributed by atoms with Crippen molar-refractivity contribution in [2.75, 3.05) is 7.11 Å². The number of benzene rings is 1. The van der Waals surface area contributed by atoms with E-state index in [9.17, 15) is 26.3 Å². The Kier molecular flexibility index (Phi) is 7.02. The molecule has 0 saturated heterocycles. The van der Waals surface area contributed by atoms with Crippen LogP contribution in [-0.4, -0.2) is 13.2 Å². The van der Waals surface area contributed by atoms with Gasteiger partial charge >= 0.3 is 12.4 Å². The number of methoxy groups -OCH3 is 1. The Balaban J connectivity index is 0.00000441. The van der Waals surface area contributed by atoms with Crippen LogP contribution in [0.2, 0.25) is 0 Å². The van der Waals surface area contributed by atoms with Crippen LogP contribution in [0.25, 0.3) is 0 Å². The van der Waals surface area contributed by atoms with Crippen molar-refractivity contribution in [3.05, 3.63) is 28.8 Å². The van der Waals surface area contributed by atoms with Crippen molar-refractivity contribution in [2.45, 2.75) is 38.2 Å². The van der Waals surface area contributed by atoms with Gasteiger partial charge in [-0.3, -0.25) is 0 Å². The molecule has 22 heavy (non-hydrogen) atoms. The molecule has 2 N–H and O–H groups in total. The first-order valence-electron chi connectivity index (χ1n) is 6.11. The Labute approximate surface area is 130 Å². The maximum Gasteiger partial charge on any atom is 0.416 e. The minimum Gasteiger partial charge on any atom is -0.496 e. The van der Waals surface area contributed by atoms with Crippen LogP contribution >= 0.6 is 12.4 Å². The van der Waals surface area contributed by atoms with E-state index in [1.54, 1.807) is 6.92 Å². The highest BCUT2D eigenvalue weighted by molar-refractivity contribution is 5.85. The van der Waals surface area contributed by atoms with E-state index in [4.69, 9.17) is 10.5 Å². The van der Waals surface area contributed by atoms with Crippen LogP contribution in [0.4, 0.5) is 26.3 Å². The monoisotopic (exact) mass is 351 g/mol. The van der Waals surface area contributed by atoms with E-state index in [0.29, 0.717) is 12.5 Å². The third-order valence-electron chi connectivity index (χ3n) is 3.05. The molecule has 0 radical (unpaired) electrons. The van der Waals surface area contributed by atoms with Crippen LogP contribution < -0.4 is 10.5 Å². The van der Waals surface area contributed by atoms with Gasteiger partial charge in [0.15, 0.2) is 0 Å². The van der Waals surface area contributed by atoms with E-state index in [0.717, 1.165) is 7.11 Å². The van der Waals surface area contributed by atoms with Crippen LogP contribution in [-0.2, 0) is 18.8 Å². The molecule has 0 aliphatic rings. The van der Waals surface area contributed by atoms with Crippen molar-refractivity contribution in [1.82, 2.24) is 0 Å². The second-order valence-corrected chi connectivity index (χ2v) is 4.57. The number of ether oxygens (including phenoxy) is 1. The third kappa shape index (κ3) is 4.95. The van der Waals surface area contributed by atoms with Gasteiger partial charge in [-0.05, 0) is 25.0 Å². The first-order chi connectivity index (χ1) is 9.50. The highest BCUT2D eigenvalue weighted by Gasteiger charge is 2.40. The number of rotatable bonds is 4. The molecular formula is C13H16ClF6NO. The van der Waals surface area contributed by atoms with Crippen LogP contribution in [0, 0.1) is 0 Å². The predicted molar refractivity (Wildman–Crippen MR) is 72.2 cm³/mol. The SMILES string of the molecule is CCC(N)Cc1c(OC)cc(C(F)(F)F)cc1C(F)(F)F.Cl. The highest BCUT2D eigenvalue weighted by atomic mass is 35.5. The lowest BCUT2D eigenvalue weighted by atomic mass is 9.95. The standard InChI is InChI=1S/C13H15F6NO.ClH/c1-3-8(20)6-9-10(13(17,18)19)4-7(12(14,15)16)5-11(9)21-2;/h4-5,8H,3,6,20H2,1-2H3;1H. The zero-order chi connectivity index (χ0) is 16.4. The minimum absolute atomic E-state index is 0. The molecule has 0 aliphatic carbocycles. The summed E-state index contributed by atoms with van der Waals surface area (Å²) in [5, 5.41) is 0. The molecule has 128 valence electrons. The van der Waals surface area contributed by atoms with E-state index in [2.05, 4.69) is 0 Å². The van der Waals surface area contributed by atoms with Crippen molar-refractivity contribution in [3.63, 3.8) is 0 Å². The maximum atomic E-state index is 13.0. The van der Waals surface area contributed by atoms with Gasteiger partial charge in [0.25, 0.3) is 0 Å². The summed E-state index contributed by atoms with van der Waals surface area (Å²) >= 11 is 0. The number of hydrogen-bond donors (Lipinski definition) is 1. The Morgan fingerprint density at radius 1 is 1.09 bits per heavy atom. The summed E-state index contributed by atoms with van der Waals surface area (Å²) in [6.45, 7) is 1.68. The zero-order valence-electron chi connectivity index (χ0n) is 11.8. The van der Waals surface area contributed by atoms with Gasteiger partial charge in [0.1, 0.15) is 5.75 Å². The average Bonchev–Trinajstić information content (AvgIpc) is 2.35. The second kappa shape index (κ2) is 7.41. The molecule has 1 unspecified atom stereocenters. The summed E-state index contributed by atoms with van der Waals surface area (Å²) in [5.74, 6) is -0.457. The Bertz CT molecular complexity index is 501. The fourth-order valence-corrected chi connectivity index (χ4v) is 1.86. The van der Waals surface area contributed by atoms with E-state index < -0.39 is 35.3 Å². The molecule has 1 aromatic carbocycles. The fraction of sp³-hybridized carbons (Fsp3) is 0.538. The Morgan fingerprint density at radius 3 is 2.00 bits per heavy atom. The maximum absolute atomic E-state index is 13.0. The van der Waals surface area contributed by atoms with Crippen LogP contribution in [0.1, 0.15) is 30.0 Å². The molecular weight excluding hydrogens is 336 g/mol. The molecule has 0 fully saturated rings. The minimum atomic E-state index is -4.92. The van der Waals surface area contributed by atoms with Crippen molar-refractivity contribution in [3.8, 4) is 5.75 Å². The number of alkyl halides is 6. The largest absolute Gasteiger partial charge is 0.496 e. The van der Waals surface area contributed by atoms with E-state index in [-0.39, 0.29) is 30.5 Å². The summed E-state index contributed by atoms with van der Waals surface area (Å²) in [5.41, 5.74) is 2.50. The van der Waals surface area contributed by atoms with Gasteiger partial charge in [0, 0.05) is 11.6 Å². The van der Waals surface area contributed by atoms with Crippen LogP contribution in [0.5, 0.6) is 5.75 Å². The summed E-state index contributed by atoms with van der Waals surface area (Å²) in [6, 6.07) is 0.0597. The van der Waals surface area contributed by atoms with Gasteiger partial charge in [-0.15, -0.1) is 12.4 Å². The molecule has 1 rings (SSSR count). The molecule has 0 aliphatic heterocycles. The van der Waals surface area contributed by atoms with Crippen LogP contribution in [0.15, 0.2) is 12.1 Å². The summed E-state index contributed by atoms with van der Waals surface area (Å²) in [7, 11) is 1.02. The smallest absolute Gasteiger partial charge is 0.416 e. The first-order valence-corrected chi connectivity index (χ1v) is 6.11. The zero-order valence-corrected chi connectivity index (χ0v) is 12.6. The molecule has 0 bridgehead atoms. The molecule has 0 heterocycles. The van der Waals surface area contributed by atoms with E-state index in [1.165, 1.54) is 0 Å². The third-order valence-corrected chi connectivity index (χ3v) is 3.05. The van der Waals surface area contributed by atoms with Crippen molar-refractivity contribution >= 4 is 12.4 Å². The topological polar surface area (TPSA) is 35.2 Å². The normalized spacial score (nSPS) is 13.5. The van der Waals surface area contributed by atoms with Gasteiger partial charge in [-0.2, -0.15) is 26.3 Å². The highest BCUT2D eigenvalue weighted by Crippen LogP contribution is 2.41. The predicted octanol–water partition coefficient (Wildman–Crippen LogP) is 4.43. The Morgan fingerprint density at radius 2 is 1.64 bits per heavy atom. The average molecular weight is 352 g/mol. The summed E-state index contributed by atoms with van der Waals surface area (Å²) in [4.78, 5) is 0. The van der Waals surface area contributed by atoms with Gasteiger partial charge in [0.2, 0.25) is 0 Å². The molecule has 1 atom stereocenters. The number of nitrogens with two attached hydrogens (primary N) is 1. The summed E-state index contributed by atoms with van der Waals surface area (Å²) in [6.07, 6.45) is -9.63. The lowest BCUT2D eigenvalue weighted by Crippen LogP contribution is -2.24. The van der Waals surface area contributed by atoms with Gasteiger partial charge in [0.05, 0.1) is 18.2 Å². The molecule has 0 aromatic heterocycles. The second-order valence-electron chi connectivity index (χ2n) is 4.57. The summed E-state index contributed by atoms with van der Waals surface area (Å²) < 4.78 is 81.8. The van der Waals surface area contributed by atoms with Gasteiger partial charge < -0.3 is 10.5 Å². The fourth-order valence-electron chi connectivity index (χ4n) is 1.86. The molecule has 0 amide bonds. The van der Waals surface area contributed by atoms with Gasteiger partial charge in [-0.1, -0.05) is 6.92 Å². The van der Waals surface area contributed by atoms with Gasteiger partial charge in [-0.25, -0.2) is 0 Å². The van der Waals surface area contributed by atoms with Crippen molar-refractivity contribution in [1.29, 1.82) is 0 Å². The van der Waals surface area contributed by atoms with E-state index >= 15 is 0 Å². The first kappa shape index (κ1) is 20.9. The van der Waals surface area contributed by atoms with E-state index in [1.807, 2.05) is 0 Å². The molecule has 2 nitrogen and oxygen atoms in total. The molecule has 9 heteroatoms. The quantitative estimate of drug-likeness (QED) is 0.814. The Hall–Kier alpha value is -1.15. The van der Waals surface area contributed by atoms with Crippen LogP contribution in [0.3, 0.4) is 0 Å². The van der Waals surface area contributed by atoms with Crippen molar-refractivity contribution in [2.24, 2.45) is 5.73 Å². The lowest BCUT2D eigenvalue weighted by Gasteiger charge is -2.21. The van der Waals surface area contributed by atoms with Crippen molar-refractivity contribution < 1.29 is 31.1 Å². The molecule has 0 saturated carbocycles. The molecule has 1 aromatic rings. The molecule has 0 spiro atoms. The lowest BCUT2D eigenvalue weighted by molar-refractivity contribution is -0.143.